The molecule has 6 atom stereocenters. The molecule has 0 aliphatic heterocycles. The van der Waals surface area contributed by atoms with Gasteiger partial charge in [0.15, 0.2) is 0 Å². The molecule has 0 saturated heterocycles. The van der Waals surface area contributed by atoms with E-state index in [0.717, 1.165) is 21.6 Å². The molecule has 6 N–H and O–H groups in total. The minimum absolute atomic E-state index is 0.0270. The molecule has 30 nitrogen and oxygen atoms in total. The van der Waals surface area contributed by atoms with Gasteiger partial charge in [-0.2, -0.15) is 0 Å². The van der Waals surface area contributed by atoms with Gasteiger partial charge in [-0.3, -0.25) is 19.2 Å². The maximum Gasteiger partial charge on any atom is 0.333 e. The molecule has 2 aromatic rings. The molecule has 35 heteroatoms. The Morgan fingerprint density at radius 2 is 0.525 bits per heavy atom. The van der Waals surface area contributed by atoms with Gasteiger partial charge in [0.25, 0.3) is 0 Å². The zero-order valence-corrected chi connectivity index (χ0v) is 59.7. The van der Waals surface area contributed by atoms with Gasteiger partial charge in [-0.15, -0.1) is 0 Å². The van der Waals surface area contributed by atoms with E-state index in [4.69, 9.17) is 56.8 Å². The molecular formula is C64H86O30S5. The number of ether oxygens (including phenoxy) is 12. The largest absolute Gasteiger partial charge is 0.491 e. The molecule has 0 fully saturated rings. The van der Waals surface area contributed by atoms with Crippen LogP contribution in [-0.2, 0) is 105 Å². The number of rotatable bonds is 46. The summed E-state index contributed by atoms with van der Waals surface area (Å²) in [5, 5.41) is 58.0. The Morgan fingerprint density at radius 1 is 0.323 bits per heavy atom. The molecule has 0 aliphatic carbocycles. The Balaban J connectivity index is 0.00000147. The summed E-state index contributed by atoms with van der Waals surface area (Å²) < 4.78 is 84.6. The maximum atomic E-state index is 12.9. The van der Waals surface area contributed by atoms with Gasteiger partial charge >= 0.3 is 59.7 Å². The van der Waals surface area contributed by atoms with Crippen LogP contribution in [0, 0.1) is 0 Å². The van der Waals surface area contributed by atoms with Gasteiger partial charge in [-0.05, 0) is 90.1 Å². The summed E-state index contributed by atoms with van der Waals surface area (Å²) in [6.45, 7) is 26.0. The summed E-state index contributed by atoms with van der Waals surface area (Å²) in [6, 6.07) is 11.2. The van der Waals surface area contributed by atoms with Crippen LogP contribution < -0.4 is 9.47 Å². The molecular weight excluding hydrogens is 1410 g/mol. The molecule has 6 unspecified atom stereocenters. The molecule has 2 rings (SSSR count). The van der Waals surface area contributed by atoms with E-state index in [1.54, 1.807) is 0 Å². The zero-order chi connectivity index (χ0) is 75.2. The van der Waals surface area contributed by atoms with Crippen molar-refractivity contribution in [1.82, 2.24) is 0 Å². The summed E-state index contributed by atoms with van der Waals surface area (Å²) in [4.78, 5) is 114. The van der Waals surface area contributed by atoms with Gasteiger partial charge in [0.05, 0.1) is 22.6 Å². The Hall–Kier alpha value is -7.71. The van der Waals surface area contributed by atoms with E-state index in [-0.39, 0.29) is 147 Å². The van der Waals surface area contributed by atoms with Gasteiger partial charge in [-0.25, -0.2) is 37.2 Å². The number of carbonyl (C=O) groups is 10. The second-order valence-corrected chi connectivity index (χ2v) is 27.8. The average molecular weight is 1500 g/mol. The summed E-state index contributed by atoms with van der Waals surface area (Å²) in [5.41, 5.74) is 1.21. The highest BCUT2D eigenvalue weighted by Gasteiger charge is 2.21. The number of hydrogen-bond donors (Lipinski definition) is 6. The Morgan fingerprint density at radius 3 is 0.747 bits per heavy atom. The van der Waals surface area contributed by atoms with E-state index >= 15 is 0 Å². The van der Waals surface area contributed by atoms with E-state index in [1.807, 2.05) is 0 Å². The van der Waals surface area contributed by atoms with E-state index in [9.17, 15) is 87.0 Å². The topological polar surface area (TPSA) is 437 Å². The van der Waals surface area contributed by atoms with Crippen molar-refractivity contribution in [2.24, 2.45) is 0 Å². The molecule has 0 bridgehead atoms. The van der Waals surface area contributed by atoms with Crippen LogP contribution in [0.2, 0.25) is 0 Å². The van der Waals surface area contributed by atoms with E-state index in [0.29, 0.717) is 23.0 Å². The van der Waals surface area contributed by atoms with Crippen LogP contribution in [0.3, 0.4) is 0 Å². The fourth-order valence-electron chi connectivity index (χ4n) is 5.54. The standard InChI is InChI=1S/C26H30O10S.C20H30O10S2.C18H26O10S2/c1-17(2)25(29)35-15-19(27)13-33-21-5-9-23(10-6-21)37(31,32)24-11-7-22(8-12-24)34-14-20(28)16-36-26(30)18(3)4;1-13(2)19(25)29-11-15(21)9-27-17(23)5-7-31-32-8-6-18(24)28-10-16(22)12-30-20(26)14(3)4;1-11(2)17(23)27-7-13(19)5-25-15(21)9-29-30-10-16(22)26-6-14(20)8-28-18(24)12(3)4/h5-12,19-20,27-28H,1,3,13-16H2,2,4H3;15-16,21-22H,1,3,5-12H2,2,4H3;13-14,19-20H,1,3,5-10H2,2,4H3. The zero-order valence-electron chi connectivity index (χ0n) is 55.6. The van der Waals surface area contributed by atoms with Crippen molar-refractivity contribution < 1.29 is 144 Å². The molecule has 2 aromatic carbocycles. The smallest absolute Gasteiger partial charge is 0.333 e. The lowest BCUT2D eigenvalue weighted by Crippen LogP contribution is -2.26. The number of esters is 10. The number of hydrogen-bond acceptors (Lipinski definition) is 34. The average Bonchev–Trinajstić information content (AvgIpc) is 0.805. The molecule has 0 radical (unpaired) electrons. The molecule has 0 heterocycles. The third kappa shape index (κ3) is 45.6. The molecule has 0 spiro atoms. The van der Waals surface area contributed by atoms with Gasteiger partial charge in [0.1, 0.15) is 139 Å². The predicted octanol–water partition coefficient (Wildman–Crippen LogP) is 3.85. The first-order valence-electron chi connectivity index (χ1n) is 29.3. The summed E-state index contributed by atoms with van der Waals surface area (Å²) in [5.74, 6) is -4.74. The Kier molecular flexibility index (Phi) is 47.4. The monoisotopic (exact) mass is 1490 g/mol. The molecule has 99 heavy (non-hydrogen) atoms. The van der Waals surface area contributed by atoms with Gasteiger partial charge in [-0.1, -0.05) is 82.6 Å². The molecule has 0 aliphatic rings. The molecule has 552 valence electrons. The first kappa shape index (κ1) is 91.3. The normalized spacial score (nSPS) is 12.4. The van der Waals surface area contributed by atoms with Gasteiger partial charge in [0, 0.05) is 44.9 Å². The molecule has 0 saturated carbocycles. The predicted molar refractivity (Wildman–Crippen MR) is 363 cm³/mol. The lowest BCUT2D eigenvalue weighted by molar-refractivity contribution is -0.151. The van der Waals surface area contributed by atoms with Crippen LogP contribution in [0.4, 0.5) is 0 Å². The van der Waals surface area contributed by atoms with Gasteiger partial charge < -0.3 is 87.5 Å². The second-order valence-electron chi connectivity index (χ2n) is 20.7. The van der Waals surface area contributed by atoms with Crippen LogP contribution >= 0.6 is 43.2 Å². The number of aliphatic hydroxyl groups is 6. The van der Waals surface area contributed by atoms with E-state index in [2.05, 4.69) is 39.5 Å². The van der Waals surface area contributed by atoms with Crippen molar-refractivity contribution >= 4 is 113 Å². The van der Waals surface area contributed by atoms with Crippen LogP contribution in [0.5, 0.6) is 11.5 Å². The van der Waals surface area contributed by atoms with Crippen LogP contribution in [0.15, 0.2) is 131 Å². The summed E-state index contributed by atoms with van der Waals surface area (Å²) >= 11 is 0. The van der Waals surface area contributed by atoms with E-state index in [1.165, 1.54) is 112 Å². The lowest BCUT2D eigenvalue weighted by atomic mass is 10.3. The van der Waals surface area contributed by atoms with Crippen molar-refractivity contribution in [3.8, 4) is 11.5 Å². The van der Waals surface area contributed by atoms with Gasteiger partial charge in [0.2, 0.25) is 9.84 Å². The minimum Gasteiger partial charge on any atom is -0.491 e. The number of carbonyl (C=O) groups excluding carboxylic acids is 10. The third-order valence-corrected chi connectivity index (χ3v) is 17.0. The third-order valence-electron chi connectivity index (χ3n) is 10.7. The molecule has 0 aromatic heterocycles. The maximum absolute atomic E-state index is 12.9. The van der Waals surface area contributed by atoms with Crippen LogP contribution in [0.1, 0.15) is 54.4 Å². The molecule has 0 amide bonds. The quantitative estimate of drug-likeness (QED) is 0.0180. The van der Waals surface area contributed by atoms with Crippen molar-refractivity contribution in [1.29, 1.82) is 0 Å². The van der Waals surface area contributed by atoms with E-state index < -0.39 is 106 Å². The van der Waals surface area contributed by atoms with Crippen molar-refractivity contribution in [2.75, 3.05) is 102 Å². The first-order chi connectivity index (χ1) is 46.4. The highest BCUT2D eigenvalue weighted by Crippen LogP contribution is 2.26. The van der Waals surface area contributed by atoms with Crippen molar-refractivity contribution in [3.05, 3.63) is 121 Å². The van der Waals surface area contributed by atoms with Crippen LogP contribution in [0.25, 0.3) is 0 Å². The highest BCUT2D eigenvalue weighted by molar-refractivity contribution is 8.77. The SMILES string of the molecule is C=C(C)C(=O)OCC(O)COC(=O)CCSSCCC(=O)OCC(O)COC(=O)C(=C)C.C=C(C)C(=O)OCC(O)COC(=O)CSSCC(=O)OCC(O)COC(=O)C(=C)C.C=C(C)C(=O)OCC(O)COc1ccc(S(=O)(=O)c2ccc(OCC(O)COC(=O)C(=C)C)cc2)cc1. The van der Waals surface area contributed by atoms with Crippen molar-refractivity contribution in [2.45, 2.75) is 101 Å². The Bertz CT molecular complexity index is 2930. The number of benzene rings is 2. The fraction of sp³-hybridized carbons (Fsp3) is 0.469. The number of sulfone groups is 1. The summed E-state index contributed by atoms with van der Waals surface area (Å²) in [7, 11) is 0.973. The minimum atomic E-state index is -3.83. The first-order valence-corrected chi connectivity index (χ1v) is 35.8. The highest BCUT2D eigenvalue weighted by atomic mass is 33.1. The van der Waals surface area contributed by atoms with Crippen molar-refractivity contribution in [3.63, 3.8) is 0 Å². The fourth-order valence-corrected chi connectivity index (χ4v) is 10.3. The number of aliphatic hydroxyl groups excluding tert-OH is 6. The summed E-state index contributed by atoms with van der Waals surface area (Å²) in [6.07, 6.45) is -6.49. The second kappa shape index (κ2) is 51.4. The Labute approximate surface area is 589 Å². The van der Waals surface area contributed by atoms with Crippen LogP contribution in [-0.4, -0.2) is 238 Å². The lowest BCUT2D eigenvalue weighted by Gasteiger charge is -2.14.